The molecule has 0 unspecified atom stereocenters. The highest BCUT2D eigenvalue weighted by Gasteiger charge is 2.15. The van der Waals surface area contributed by atoms with Crippen molar-refractivity contribution in [3.8, 4) is 5.69 Å². The number of nitrogen functional groups attached to an aromatic ring is 1. The zero-order valence-corrected chi connectivity index (χ0v) is 11.6. The van der Waals surface area contributed by atoms with E-state index in [4.69, 9.17) is 28.9 Å². The molecule has 2 N–H and O–H groups in total. The molecule has 3 aromatic rings. The van der Waals surface area contributed by atoms with Crippen LogP contribution in [0.5, 0.6) is 0 Å². The average molecular weight is 293 g/mol. The zero-order chi connectivity index (χ0) is 13.6. The molecule has 0 spiro atoms. The van der Waals surface area contributed by atoms with Crippen LogP contribution in [0.1, 0.15) is 5.69 Å². The van der Waals surface area contributed by atoms with E-state index in [1.165, 1.54) is 0 Å². The molecule has 19 heavy (non-hydrogen) atoms. The fourth-order valence-electron chi connectivity index (χ4n) is 1.97. The summed E-state index contributed by atoms with van der Waals surface area (Å²) >= 11 is 12.3. The topological polar surface area (TPSA) is 56.7 Å². The molecule has 0 atom stereocenters. The van der Waals surface area contributed by atoms with Crippen molar-refractivity contribution >= 4 is 40.3 Å². The number of pyridine rings is 1. The van der Waals surface area contributed by atoms with Crippen molar-refractivity contribution in [3.05, 3.63) is 46.1 Å². The first-order valence-electron chi connectivity index (χ1n) is 5.64. The van der Waals surface area contributed by atoms with Crippen molar-refractivity contribution in [3.63, 3.8) is 0 Å². The molecule has 0 saturated heterocycles. The highest BCUT2D eigenvalue weighted by atomic mass is 35.5. The number of hydrogen-bond donors (Lipinski definition) is 1. The van der Waals surface area contributed by atoms with Gasteiger partial charge in [0.25, 0.3) is 0 Å². The van der Waals surface area contributed by atoms with E-state index >= 15 is 0 Å². The van der Waals surface area contributed by atoms with Crippen LogP contribution < -0.4 is 5.73 Å². The lowest BCUT2D eigenvalue weighted by Crippen LogP contribution is -2.02. The Morgan fingerprint density at radius 3 is 2.68 bits per heavy atom. The summed E-state index contributed by atoms with van der Waals surface area (Å²) in [6.07, 6.45) is 0. The van der Waals surface area contributed by atoms with Crippen molar-refractivity contribution in [1.82, 2.24) is 14.5 Å². The summed E-state index contributed by atoms with van der Waals surface area (Å²) in [4.78, 5) is 8.74. The van der Waals surface area contributed by atoms with Crippen molar-refractivity contribution in [2.75, 3.05) is 5.73 Å². The highest BCUT2D eigenvalue weighted by Crippen LogP contribution is 2.32. The van der Waals surface area contributed by atoms with Crippen LogP contribution in [0.3, 0.4) is 0 Å². The quantitative estimate of drug-likeness (QED) is 0.745. The molecule has 2 aromatic heterocycles. The maximum Gasteiger partial charge on any atom is 0.207 e. The number of aromatic nitrogens is 3. The molecule has 96 valence electrons. The average Bonchev–Trinajstić information content (AvgIpc) is 2.69. The first kappa shape index (κ1) is 12.3. The molecule has 0 fully saturated rings. The standard InChI is InChI=1S/C13H10Cl2N4/c1-7-5-6-9-12(17-7)19(13(16)18-9)10-4-2-3-8(14)11(10)15/h2-6H,1H3,(H2,16,18). The number of hydrogen-bond acceptors (Lipinski definition) is 3. The van der Waals surface area contributed by atoms with Crippen LogP contribution in [0, 0.1) is 6.92 Å². The molecule has 0 bridgehead atoms. The van der Waals surface area contributed by atoms with E-state index < -0.39 is 0 Å². The van der Waals surface area contributed by atoms with Crippen LogP contribution in [0.4, 0.5) is 5.95 Å². The first-order chi connectivity index (χ1) is 9.08. The molecule has 3 rings (SSSR count). The van der Waals surface area contributed by atoms with E-state index in [1.54, 1.807) is 10.6 Å². The number of rotatable bonds is 1. The maximum absolute atomic E-state index is 6.23. The summed E-state index contributed by atoms with van der Waals surface area (Å²) in [6, 6.07) is 9.13. The largest absolute Gasteiger partial charge is 0.369 e. The van der Waals surface area contributed by atoms with Gasteiger partial charge in [-0.1, -0.05) is 29.3 Å². The molecule has 4 nitrogen and oxygen atoms in total. The minimum Gasteiger partial charge on any atom is -0.369 e. The molecule has 0 radical (unpaired) electrons. The van der Waals surface area contributed by atoms with Gasteiger partial charge in [0.1, 0.15) is 5.52 Å². The molecule has 0 aliphatic rings. The van der Waals surface area contributed by atoms with E-state index in [0.29, 0.717) is 27.3 Å². The summed E-state index contributed by atoms with van der Waals surface area (Å²) < 4.78 is 1.70. The second-order valence-electron chi connectivity index (χ2n) is 4.17. The van der Waals surface area contributed by atoms with Crippen molar-refractivity contribution in [1.29, 1.82) is 0 Å². The van der Waals surface area contributed by atoms with E-state index in [2.05, 4.69) is 9.97 Å². The number of fused-ring (bicyclic) bond motifs is 1. The van der Waals surface area contributed by atoms with Gasteiger partial charge in [0.2, 0.25) is 5.95 Å². The maximum atomic E-state index is 6.23. The molecule has 0 saturated carbocycles. The molecular formula is C13H10Cl2N4. The summed E-state index contributed by atoms with van der Waals surface area (Å²) in [7, 11) is 0. The van der Waals surface area contributed by atoms with Crippen molar-refractivity contribution in [2.45, 2.75) is 6.92 Å². The van der Waals surface area contributed by atoms with Gasteiger partial charge in [-0.3, -0.25) is 4.57 Å². The van der Waals surface area contributed by atoms with Crippen molar-refractivity contribution in [2.24, 2.45) is 0 Å². The Kier molecular flexibility index (Phi) is 2.84. The summed E-state index contributed by atoms with van der Waals surface area (Å²) in [5.41, 5.74) is 8.91. The minimum atomic E-state index is 0.331. The Balaban J connectivity index is 2.39. The number of imidazole rings is 1. The van der Waals surface area contributed by atoms with Gasteiger partial charge in [0.15, 0.2) is 5.65 Å². The Hall–Kier alpha value is -1.78. The number of benzene rings is 1. The lowest BCUT2D eigenvalue weighted by molar-refractivity contribution is 1.07. The molecule has 6 heteroatoms. The van der Waals surface area contributed by atoms with Crippen LogP contribution in [0.2, 0.25) is 10.0 Å². The second-order valence-corrected chi connectivity index (χ2v) is 4.96. The Morgan fingerprint density at radius 2 is 1.89 bits per heavy atom. The number of halogens is 2. The molecule has 0 aliphatic heterocycles. The number of nitrogens with zero attached hydrogens (tertiary/aromatic N) is 3. The summed E-state index contributed by atoms with van der Waals surface area (Å²) in [5, 5.41) is 0.895. The lowest BCUT2D eigenvalue weighted by atomic mass is 10.3. The van der Waals surface area contributed by atoms with Gasteiger partial charge >= 0.3 is 0 Å². The second kappa shape index (κ2) is 4.40. The fraction of sp³-hybridized carbons (Fsp3) is 0.0769. The molecule has 0 aliphatic carbocycles. The van der Waals surface area contributed by atoms with Gasteiger partial charge in [-0.15, -0.1) is 0 Å². The van der Waals surface area contributed by atoms with Crippen LogP contribution in [0.15, 0.2) is 30.3 Å². The van der Waals surface area contributed by atoms with Gasteiger partial charge in [0, 0.05) is 5.69 Å². The first-order valence-corrected chi connectivity index (χ1v) is 6.39. The molecule has 0 amide bonds. The minimum absolute atomic E-state index is 0.331. The third-order valence-electron chi connectivity index (χ3n) is 2.84. The Morgan fingerprint density at radius 1 is 1.11 bits per heavy atom. The zero-order valence-electron chi connectivity index (χ0n) is 10.1. The lowest BCUT2D eigenvalue weighted by Gasteiger charge is -2.09. The van der Waals surface area contributed by atoms with Crippen LogP contribution in [-0.4, -0.2) is 14.5 Å². The molecule has 1 aromatic carbocycles. The van der Waals surface area contributed by atoms with Crippen LogP contribution >= 0.6 is 23.2 Å². The number of nitrogens with two attached hydrogens (primary N) is 1. The predicted octanol–water partition coefficient (Wildman–Crippen LogP) is 3.62. The SMILES string of the molecule is Cc1ccc2nc(N)n(-c3cccc(Cl)c3Cl)c2n1. The number of anilines is 1. The Labute approximate surface area is 119 Å². The molecule has 2 heterocycles. The van der Waals surface area contributed by atoms with E-state index in [0.717, 1.165) is 11.2 Å². The van der Waals surface area contributed by atoms with Crippen molar-refractivity contribution < 1.29 is 0 Å². The molecular weight excluding hydrogens is 283 g/mol. The van der Waals surface area contributed by atoms with Crippen LogP contribution in [-0.2, 0) is 0 Å². The van der Waals surface area contributed by atoms with Crippen LogP contribution in [0.25, 0.3) is 16.9 Å². The number of aryl methyl sites for hydroxylation is 1. The summed E-state index contributed by atoms with van der Waals surface area (Å²) in [6.45, 7) is 1.91. The fourth-order valence-corrected chi connectivity index (χ4v) is 2.35. The van der Waals surface area contributed by atoms with E-state index in [9.17, 15) is 0 Å². The van der Waals surface area contributed by atoms with E-state index in [1.807, 2.05) is 31.2 Å². The van der Waals surface area contributed by atoms with E-state index in [-0.39, 0.29) is 0 Å². The monoisotopic (exact) mass is 292 g/mol. The highest BCUT2D eigenvalue weighted by molar-refractivity contribution is 6.43. The normalized spacial score (nSPS) is 11.1. The third-order valence-corrected chi connectivity index (χ3v) is 3.65. The van der Waals surface area contributed by atoms with Gasteiger partial charge in [-0.25, -0.2) is 9.97 Å². The predicted molar refractivity (Wildman–Crippen MR) is 78.0 cm³/mol. The third kappa shape index (κ3) is 1.93. The van der Waals surface area contributed by atoms with Gasteiger partial charge in [-0.2, -0.15) is 0 Å². The summed E-state index contributed by atoms with van der Waals surface area (Å²) in [5.74, 6) is 0.331. The van der Waals surface area contributed by atoms with Gasteiger partial charge < -0.3 is 5.73 Å². The Bertz CT molecular complexity index is 780. The van der Waals surface area contributed by atoms with Gasteiger partial charge in [-0.05, 0) is 31.2 Å². The smallest absolute Gasteiger partial charge is 0.207 e. The van der Waals surface area contributed by atoms with Gasteiger partial charge in [0.05, 0.1) is 15.7 Å².